The second kappa shape index (κ2) is 6.65. The van der Waals surface area contributed by atoms with E-state index in [9.17, 15) is 18.0 Å². The molecule has 0 aromatic carbocycles. The van der Waals surface area contributed by atoms with Crippen LogP contribution in [0.2, 0.25) is 0 Å². The third-order valence-electron chi connectivity index (χ3n) is 2.10. The average molecular weight is 314 g/mol. The molecule has 0 aliphatic carbocycles. The van der Waals surface area contributed by atoms with Crippen molar-refractivity contribution in [2.45, 2.75) is 19.2 Å². The molecule has 5 nitrogen and oxygen atoms in total. The van der Waals surface area contributed by atoms with Crippen molar-refractivity contribution < 1.29 is 32.2 Å². The van der Waals surface area contributed by atoms with Crippen LogP contribution >= 0.6 is 11.6 Å². The van der Waals surface area contributed by atoms with Gasteiger partial charge in [-0.15, -0.1) is 24.8 Å². The summed E-state index contributed by atoms with van der Waals surface area (Å²) in [6, 6.07) is 1.14. The quantitative estimate of drug-likeness (QED) is 0.618. The van der Waals surface area contributed by atoms with E-state index in [1.54, 1.807) is 6.92 Å². The molecule has 0 bridgehead atoms. The Kier molecular flexibility index (Phi) is 5.43. The minimum Gasteiger partial charge on any atom is -0.496 e. The molecule has 0 N–H and O–H groups in total. The number of hydrogen-bond donors (Lipinski definition) is 0. The van der Waals surface area contributed by atoms with E-state index in [-0.39, 0.29) is 29.5 Å². The number of methoxy groups -OCH3 is 1. The Labute approximate surface area is 117 Å². The van der Waals surface area contributed by atoms with Crippen LogP contribution in [0.3, 0.4) is 0 Å². The maximum Gasteiger partial charge on any atom is 0.574 e. The predicted molar refractivity (Wildman–Crippen MR) is 63.0 cm³/mol. The average Bonchev–Trinajstić information content (AvgIpc) is 2.36. The van der Waals surface area contributed by atoms with Crippen LogP contribution in [-0.4, -0.2) is 31.0 Å². The second-order valence-corrected chi connectivity index (χ2v) is 3.66. The molecule has 0 aliphatic rings. The van der Waals surface area contributed by atoms with E-state index in [0.717, 1.165) is 6.07 Å². The van der Waals surface area contributed by atoms with Crippen molar-refractivity contribution in [3.63, 3.8) is 0 Å². The van der Waals surface area contributed by atoms with Gasteiger partial charge in [-0.05, 0) is 6.92 Å². The van der Waals surface area contributed by atoms with Crippen LogP contribution in [0.15, 0.2) is 6.07 Å². The molecule has 0 unspecified atom stereocenters. The van der Waals surface area contributed by atoms with E-state index in [2.05, 4.69) is 14.5 Å². The van der Waals surface area contributed by atoms with Crippen LogP contribution in [0, 0.1) is 0 Å². The lowest BCUT2D eigenvalue weighted by Gasteiger charge is -2.15. The first kappa shape index (κ1) is 16.4. The molecule has 0 spiro atoms. The molecule has 9 heteroatoms. The third kappa shape index (κ3) is 4.16. The van der Waals surface area contributed by atoms with E-state index >= 15 is 0 Å². The standard InChI is InChI=1S/C11H11ClF3NO4/c1-3-19-10(17)7-4-8(18-2)6(5-12)9(16-7)20-11(13,14)15/h4H,3,5H2,1-2H3. The van der Waals surface area contributed by atoms with Crippen LogP contribution < -0.4 is 9.47 Å². The first-order valence-electron chi connectivity index (χ1n) is 5.39. The molecule has 1 aromatic rings. The summed E-state index contributed by atoms with van der Waals surface area (Å²) in [5.41, 5.74) is -0.476. The SMILES string of the molecule is CCOC(=O)c1cc(OC)c(CCl)c(OC(F)(F)F)n1. The number of pyridine rings is 1. The summed E-state index contributed by atoms with van der Waals surface area (Å²) < 4.78 is 50.2. The minimum atomic E-state index is -4.97. The van der Waals surface area contributed by atoms with Crippen molar-refractivity contribution in [3.8, 4) is 11.6 Å². The summed E-state index contributed by atoms with van der Waals surface area (Å²) >= 11 is 5.55. The highest BCUT2D eigenvalue weighted by atomic mass is 35.5. The maximum absolute atomic E-state index is 12.3. The predicted octanol–water partition coefficient (Wildman–Crippen LogP) is 2.90. The Morgan fingerprint density at radius 3 is 2.55 bits per heavy atom. The molecular weight excluding hydrogens is 303 g/mol. The minimum absolute atomic E-state index is 0.0442. The molecule has 1 rings (SSSR count). The first-order valence-corrected chi connectivity index (χ1v) is 5.92. The number of ether oxygens (including phenoxy) is 3. The summed E-state index contributed by atoms with van der Waals surface area (Å²) in [6.07, 6.45) is -4.97. The Balaban J connectivity index is 3.30. The number of aromatic nitrogens is 1. The lowest BCUT2D eigenvalue weighted by atomic mass is 10.2. The molecule has 1 aromatic heterocycles. The van der Waals surface area contributed by atoms with Gasteiger partial charge in [0.25, 0.3) is 0 Å². The number of alkyl halides is 4. The van der Waals surface area contributed by atoms with Crippen LogP contribution in [0.5, 0.6) is 11.6 Å². The largest absolute Gasteiger partial charge is 0.574 e. The summed E-state index contributed by atoms with van der Waals surface area (Å²) in [7, 11) is 1.22. The first-order chi connectivity index (χ1) is 9.32. The fraction of sp³-hybridized carbons (Fsp3) is 0.455. The zero-order chi connectivity index (χ0) is 15.3. The highest BCUT2D eigenvalue weighted by molar-refractivity contribution is 6.17. The second-order valence-electron chi connectivity index (χ2n) is 3.40. The number of esters is 1. The molecule has 0 saturated carbocycles. The third-order valence-corrected chi connectivity index (χ3v) is 2.36. The zero-order valence-corrected chi connectivity index (χ0v) is 11.3. The normalized spacial score (nSPS) is 11.1. The van der Waals surface area contributed by atoms with Gasteiger partial charge in [0.1, 0.15) is 5.75 Å². The van der Waals surface area contributed by atoms with Gasteiger partial charge >= 0.3 is 12.3 Å². The highest BCUT2D eigenvalue weighted by Crippen LogP contribution is 2.33. The molecule has 1 heterocycles. The Morgan fingerprint density at radius 2 is 2.10 bits per heavy atom. The molecule has 0 saturated heterocycles. The van der Waals surface area contributed by atoms with E-state index in [1.807, 2.05) is 0 Å². The van der Waals surface area contributed by atoms with E-state index in [4.69, 9.17) is 16.3 Å². The van der Waals surface area contributed by atoms with Gasteiger partial charge in [0.15, 0.2) is 5.69 Å². The Hall–Kier alpha value is -1.70. The summed E-state index contributed by atoms with van der Waals surface area (Å²) in [6.45, 7) is 1.60. The number of rotatable bonds is 5. The van der Waals surface area contributed by atoms with Gasteiger partial charge in [-0.2, -0.15) is 0 Å². The van der Waals surface area contributed by atoms with Gasteiger partial charge in [0.05, 0.1) is 25.2 Å². The number of hydrogen-bond acceptors (Lipinski definition) is 5. The number of halogens is 4. The van der Waals surface area contributed by atoms with Gasteiger partial charge in [0, 0.05) is 6.07 Å². The van der Waals surface area contributed by atoms with Gasteiger partial charge in [0.2, 0.25) is 5.88 Å². The van der Waals surface area contributed by atoms with Crippen molar-refractivity contribution in [2.24, 2.45) is 0 Å². The van der Waals surface area contributed by atoms with Crippen molar-refractivity contribution in [3.05, 3.63) is 17.3 Å². The van der Waals surface area contributed by atoms with Crippen LogP contribution in [0.1, 0.15) is 23.0 Å². The molecule has 112 valence electrons. The number of carbonyl (C=O) groups excluding carboxylic acids is 1. The summed E-state index contributed by atoms with van der Waals surface area (Å²) in [5.74, 6) is -2.10. The lowest BCUT2D eigenvalue weighted by Crippen LogP contribution is -2.20. The summed E-state index contributed by atoms with van der Waals surface area (Å²) in [5, 5.41) is 0. The molecule has 0 amide bonds. The summed E-state index contributed by atoms with van der Waals surface area (Å²) in [4.78, 5) is 15.0. The highest BCUT2D eigenvalue weighted by Gasteiger charge is 2.34. The number of carbonyl (C=O) groups is 1. The fourth-order valence-corrected chi connectivity index (χ4v) is 1.58. The molecule has 0 atom stereocenters. The van der Waals surface area contributed by atoms with Crippen LogP contribution in [0.25, 0.3) is 0 Å². The maximum atomic E-state index is 12.3. The van der Waals surface area contributed by atoms with Crippen LogP contribution in [-0.2, 0) is 10.6 Å². The molecule has 0 radical (unpaired) electrons. The van der Waals surface area contributed by atoms with E-state index < -0.39 is 18.2 Å². The molecule has 0 fully saturated rings. The smallest absolute Gasteiger partial charge is 0.496 e. The van der Waals surface area contributed by atoms with Crippen molar-refractivity contribution in [2.75, 3.05) is 13.7 Å². The topological polar surface area (TPSA) is 57.7 Å². The Bertz CT molecular complexity index is 493. The van der Waals surface area contributed by atoms with Gasteiger partial charge < -0.3 is 14.2 Å². The van der Waals surface area contributed by atoms with Crippen molar-refractivity contribution in [1.82, 2.24) is 4.98 Å². The van der Waals surface area contributed by atoms with Gasteiger partial charge in [-0.1, -0.05) is 0 Å². The molecule has 0 aliphatic heterocycles. The lowest BCUT2D eigenvalue weighted by molar-refractivity contribution is -0.276. The van der Waals surface area contributed by atoms with Crippen LogP contribution in [0.4, 0.5) is 13.2 Å². The zero-order valence-electron chi connectivity index (χ0n) is 10.6. The van der Waals surface area contributed by atoms with Gasteiger partial charge in [-0.25, -0.2) is 9.78 Å². The van der Waals surface area contributed by atoms with Gasteiger partial charge in [-0.3, -0.25) is 0 Å². The Morgan fingerprint density at radius 1 is 1.45 bits per heavy atom. The van der Waals surface area contributed by atoms with Crippen molar-refractivity contribution >= 4 is 17.6 Å². The monoisotopic (exact) mass is 313 g/mol. The number of nitrogens with zero attached hydrogens (tertiary/aromatic N) is 1. The van der Waals surface area contributed by atoms with Crippen molar-refractivity contribution in [1.29, 1.82) is 0 Å². The molecule has 20 heavy (non-hydrogen) atoms. The fourth-order valence-electron chi connectivity index (χ4n) is 1.33. The van der Waals surface area contributed by atoms with E-state index in [1.165, 1.54) is 7.11 Å². The van der Waals surface area contributed by atoms with E-state index in [0.29, 0.717) is 0 Å². The molecular formula is C11H11ClF3NO4.